The zero-order valence-electron chi connectivity index (χ0n) is 16.1. The number of nitrogens with zero attached hydrogens (tertiary/aromatic N) is 2. The first-order chi connectivity index (χ1) is 11.5. The fourth-order valence-electron chi connectivity index (χ4n) is 3.94. The Balaban J connectivity index is 1.57. The predicted molar refractivity (Wildman–Crippen MR) is 100 cm³/mol. The zero-order valence-corrected chi connectivity index (χ0v) is 16.1. The molecule has 1 unspecified atom stereocenters. The number of carbonyl (C=O) groups excluding carboxylic acids is 1. The highest BCUT2D eigenvalue weighted by atomic mass is 16.2. The maximum Gasteiger partial charge on any atom is 0.314 e. The Labute approximate surface area is 148 Å². The molecule has 0 bridgehead atoms. The number of piperidine rings is 2. The van der Waals surface area contributed by atoms with Crippen molar-refractivity contribution in [2.75, 3.05) is 39.3 Å². The molecule has 0 aromatic carbocycles. The molecule has 0 aromatic rings. The highest BCUT2D eigenvalue weighted by Gasteiger charge is 2.28. The standard InChI is InChI=1S/C19H38N4O/c1-17-10-5-8-12-22(17)13-9-11-20-18(24)21-16-19(2,3)23-14-6-4-7-15-23/h17H,4-16H2,1-3H3,(H2,20,21,24). The second-order valence-corrected chi connectivity index (χ2v) is 8.20. The van der Waals surface area contributed by atoms with Crippen LogP contribution in [-0.4, -0.2) is 66.7 Å². The molecular formula is C19H38N4O. The van der Waals surface area contributed by atoms with Crippen molar-refractivity contribution in [2.45, 2.75) is 77.3 Å². The molecule has 0 aromatic heterocycles. The van der Waals surface area contributed by atoms with Gasteiger partial charge in [-0.1, -0.05) is 12.8 Å². The van der Waals surface area contributed by atoms with E-state index < -0.39 is 0 Å². The minimum Gasteiger partial charge on any atom is -0.338 e. The van der Waals surface area contributed by atoms with Crippen molar-refractivity contribution < 1.29 is 4.79 Å². The summed E-state index contributed by atoms with van der Waals surface area (Å²) in [6.07, 6.45) is 8.95. The van der Waals surface area contributed by atoms with Gasteiger partial charge in [-0.15, -0.1) is 0 Å². The van der Waals surface area contributed by atoms with E-state index >= 15 is 0 Å². The van der Waals surface area contributed by atoms with Gasteiger partial charge in [-0.2, -0.15) is 0 Å². The van der Waals surface area contributed by atoms with Gasteiger partial charge in [0.1, 0.15) is 0 Å². The molecule has 2 N–H and O–H groups in total. The Morgan fingerprint density at radius 1 is 1.04 bits per heavy atom. The quantitative estimate of drug-likeness (QED) is 0.702. The molecule has 1 atom stereocenters. The number of likely N-dealkylation sites (tertiary alicyclic amines) is 2. The molecule has 0 radical (unpaired) electrons. The molecule has 2 rings (SSSR count). The number of amides is 2. The lowest BCUT2D eigenvalue weighted by Crippen LogP contribution is -2.54. The molecule has 2 aliphatic heterocycles. The van der Waals surface area contributed by atoms with E-state index in [4.69, 9.17) is 0 Å². The van der Waals surface area contributed by atoms with Crippen LogP contribution in [0, 0.1) is 0 Å². The number of hydrogen-bond acceptors (Lipinski definition) is 3. The summed E-state index contributed by atoms with van der Waals surface area (Å²) in [7, 11) is 0. The maximum absolute atomic E-state index is 12.0. The topological polar surface area (TPSA) is 47.6 Å². The van der Waals surface area contributed by atoms with Crippen molar-refractivity contribution in [2.24, 2.45) is 0 Å². The highest BCUT2D eigenvalue weighted by Crippen LogP contribution is 2.19. The van der Waals surface area contributed by atoms with Crippen molar-refractivity contribution in [1.29, 1.82) is 0 Å². The van der Waals surface area contributed by atoms with Gasteiger partial charge < -0.3 is 15.5 Å². The first-order valence-electron chi connectivity index (χ1n) is 10.00. The molecular weight excluding hydrogens is 300 g/mol. The summed E-state index contributed by atoms with van der Waals surface area (Å²) in [6.45, 7) is 12.9. The van der Waals surface area contributed by atoms with Crippen molar-refractivity contribution in [3.63, 3.8) is 0 Å². The third-order valence-corrected chi connectivity index (χ3v) is 5.74. The second-order valence-electron chi connectivity index (χ2n) is 8.20. The van der Waals surface area contributed by atoms with Gasteiger partial charge in [0.05, 0.1) is 0 Å². The molecule has 2 saturated heterocycles. The van der Waals surface area contributed by atoms with Crippen LogP contribution in [0.25, 0.3) is 0 Å². The Morgan fingerprint density at radius 2 is 1.75 bits per heavy atom. The summed E-state index contributed by atoms with van der Waals surface area (Å²) in [5.41, 5.74) is 0.0427. The molecule has 2 aliphatic rings. The highest BCUT2D eigenvalue weighted by molar-refractivity contribution is 5.73. The molecule has 5 heteroatoms. The third kappa shape index (κ3) is 6.25. The van der Waals surface area contributed by atoms with Crippen molar-refractivity contribution >= 4 is 6.03 Å². The number of carbonyl (C=O) groups is 1. The average Bonchev–Trinajstić information content (AvgIpc) is 2.59. The summed E-state index contributed by atoms with van der Waals surface area (Å²) >= 11 is 0. The Hall–Kier alpha value is -0.810. The van der Waals surface area contributed by atoms with Crippen LogP contribution in [0.5, 0.6) is 0 Å². The van der Waals surface area contributed by atoms with Gasteiger partial charge in [-0.25, -0.2) is 4.79 Å². The van der Waals surface area contributed by atoms with Gasteiger partial charge in [-0.3, -0.25) is 4.90 Å². The van der Waals surface area contributed by atoms with Gasteiger partial charge in [0, 0.05) is 31.2 Å². The largest absolute Gasteiger partial charge is 0.338 e. The van der Waals surface area contributed by atoms with Gasteiger partial charge in [0.15, 0.2) is 0 Å². The number of rotatable bonds is 7. The van der Waals surface area contributed by atoms with E-state index in [1.165, 1.54) is 45.1 Å². The number of urea groups is 1. The molecule has 0 aliphatic carbocycles. The Morgan fingerprint density at radius 3 is 2.46 bits per heavy atom. The Kier molecular flexibility index (Phi) is 7.82. The van der Waals surface area contributed by atoms with E-state index in [0.29, 0.717) is 12.6 Å². The summed E-state index contributed by atoms with van der Waals surface area (Å²) in [5.74, 6) is 0. The molecule has 0 saturated carbocycles. The van der Waals surface area contributed by atoms with E-state index in [9.17, 15) is 4.79 Å². The predicted octanol–water partition coefficient (Wildman–Crippen LogP) is 2.81. The smallest absolute Gasteiger partial charge is 0.314 e. The van der Waals surface area contributed by atoms with Gasteiger partial charge in [0.25, 0.3) is 0 Å². The first-order valence-corrected chi connectivity index (χ1v) is 10.00. The van der Waals surface area contributed by atoms with Crippen LogP contribution < -0.4 is 10.6 Å². The fourth-order valence-corrected chi connectivity index (χ4v) is 3.94. The van der Waals surface area contributed by atoms with Crippen LogP contribution in [0.3, 0.4) is 0 Å². The minimum atomic E-state index is -0.0215. The molecule has 2 heterocycles. The maximum atomic E-state index is 12.0. The average molecular weight is 339 g/mol. The zero-order chi connectivity index (χ0) is 17.4. The lowest BCUT2D eigenvalue weighted by Gasteiger charge is -2.41. The van der Waals surface area contributed by atoms with Gasteiger partial charge in [-0.05, 0) is 72.5 Å². The number of nitrogens with one attached hydrogen (secondary N) is 2. The third-order valence-electron chi connectivity index (χ3n) is 5.74. The van der Waals surface area contributed by atoms with Crippen molar-refractivity contribution in [1.82, 2.24) is 20.4 Å². The fraction of sp³-hybridized carbons (Fsp3) is 0.947. The minimum absolute atomic E-state index is 0.0215. The molecule has 2 amide bonds. The van der Waals surface area contributed by atoms with Gasteiger partial charge >= 0.3 is 6.03 Å². The van der Waals surface area contributed by atoms with Crippen LogP contribution in [0.2, 0.25) is 0 Å². The van der Waals surface area contributed by atoms with Gasteiger partial charge in [0.2, 0.25) is 0 Å². The lowest BCUT2D eigenvalue weighted by atomic mass is 9.98. The summed E-state index contributed by atoms with van der Waals surface area (Å²) < 4.78 is 0. The first kappa shape index (κ1) is 19.5. The molecule has 2 fully saturated rings. The Bertz CT molecular complexity index is 380. The van der Waals surface area contributed by atoms with Crippen molar-refractivity contribution in [3.05, 3.63) is 0 Å². The summed E-state index contributed by atoms with van der Waals surface area (Å²) in [6, 6.07) is 0.685. The van der Waals surface area contributed by atoms with Crippen molar-refractivity contribution in [3.8, 4) is 0 Å². The van der Waals surface area contributed by atoms with E-state index in [1.807, 2.05) is 0 Å². The summed E-state index contributed by atoms with van der Waals surface area (Å²) in [4.78, 5) is 17.1. The molecule has 140 valence electrons. The van der Waals surface area contributed by atoms with Crippen LogP contribution in [0.1, 0.15) is 65.7 Å². The monoisotopic (exact) mass is 338 g/mol. The van der Waals surface area contributed by atoms with E-state index in [1.54, 1.807) is 0 Å². The van der Waals surface area contributed by atoms with E-state index in [-0.39, 0.29) is 11.6 Å². The van der Waals surface area contributed by atoms with Crippen LogP contribution in [0.15, 0.2) is 0 Å². The normalized spacial score (nSPS) is 23.9. The van der Waals surface area contributed by atoms with Crippen LogP contribution in [-0.2, 0) is 0 Å². The number of hydrogen-bond donors (Lipinski definition) is 2. The molecule has 24 heavy (non-hydrogen) atoms. The lowest BCUT2D eigenvalue weighted by molar-refractivity contribution is 0.0960. The second kappa shape index (κ2) is 9.62. The molecule has 0 spiro atoms. The SMILES string of the molecule is CC1CCCCN1CCCNC(=O)NCC(C)(C)N1CCCCC1. The van der Waals surface area contributed by atoms with E-state index in [0.717, 1.165) is 32.6 Å². The van der Waals surface area contributed by atoms with E-state index in [2.05, 4.69) is 41.2 Å². The summed E-state index contributed by atoms with van der Waals surface area (Å²) in [5, 5.41) is 6.08. The van der Waals surface area contributed by atoms with Crippen LogP contribution >= 0.6 is 0 Å². The molecule has 5 nitrogen and oxygen atoms in total. The van der Waals surface area contributed by atoms with Crippen LogP contribution in [0.4, 0.5) is 4.79 Å².